The molecular formula is C8H6BrF3N2. The van der Waals surface area contributed by atoms with E-state index in [0.717, 1.165) is 0 Å². The molecular weight excluding hydrogens is 261 g/mol. The lowest BCUT2D eigenvalue weighted by Crippen LogP contribution is -2.29. The summed E-state index contributed by atoms with van der Waals surface area (Å²) in [6, 6.07) is 1.32. The Bertz CT molecular complexity index is 360. The molecule has 0 aromatic carbocycles. The average Bonchev–Trinajstić information content (AvgIpc) is 2.82. The summed E-state index contributed by atoms with van der Waals surface area (Å²) < 4.78 is 38.1. The minimum absolute atomic E-state index is 0.0619. The lowest BCUT2D eigenvalue weighted by atomic mass is 10.0. The van der Waals surface area contributed by atoms with E-state index in [1.165, 1.54) is 12.3 Å². The smallest absolute Gasteiger partial charge is 0.231 e. The molecule has 0 unspecified atom stereocenters. The molecule has 1 aromatic rings. The summed E-state index contributed by atoms with van der Waals surface area (Å²) in [5.41, 5.74) is -1.65. The van der Waals surface area contributed by atoms with Crippen molar-refractivity contribution in [1.82, 2.24) is 9.97 Å². The first kappa shape index (κ1) is 9.89. The molecule has 0 bridgehead atoms. The number of alkyl halides is 3. The molecule has 0 atom stereocenters. The van der Waals surface area contributed by atoms with Crippen LogP contribution in [0.3, 0.4) is 0 Å². The zero-order chi connectivity index (χ0) is 10.4. The van der Waals surface area contributed by atoms with E-state index in [1.807, 2.05) is 0 Å². The molecule has 0 spiro atoms. The third kappa shape index (κ3) is 1.41. The van der Waals surface area contributed by atoms with Gasteiger partial charge in [-0.2, -0.15) is 13.2 Å². The number of hydrogen-bond acceptors (Lipinski definition) is 2. The van der Waals surface area contributed by atoms with Crippen molar-refractivity contribution in [3.63, 3.8) is 0 Å². The van der Waals surface area contributed by atoms with Crippen LogP contribution >= 0.6 is 15.9 Å². The Kier molecular flexibility index (Phi) is 2.06. The molecule has 0 saturated heterocycles. The molecule has 0 amide bonds. The van der Waals surface area contributed by atoms with Gasteiger partial charge < -0.3 is 0 Å². The monoisotopic (exact) mass is 266 g/mol. The van der Waals surface area contributed by atoms with Crippen LogP contribution in [0.4, 0.5) is 13.2 Å². The molecule has 0 radical (unpaired) electrons. The maximum absolute atomic E-state index is 12.6. The Morgan fingerprint density at radius 1 is 1.36 bits per heavy atom. The van der Waals surface area contributed by atoms with Crippen LogP contribution in [0.25, 0.3) is 0 Å². The lowest BCUT2D eigenvalue weighted by molar-refractivity contribution is -0.161. The van der Waals surface area contributed by atoms with Crippen LogP contribution in [0.1, 0.15) is 18.5 Å². The lowest BCUT2D eigenvalue weighted by Gasteiger charge is -2.18. The van der Waals surface area contributed by atoms with Crippen molar-refractivity contribution >= 4 is 15.9 Å². The predicted octanol–water partition coefficient (Wildman–Crippen LogP) is 2.83. The van der Waals surface area contributed by atoms with E-state index >= 15 is 0 Å². The molecule has 2 nitrogen and oxygen atoms in total. The van der Waals surface area contributed by atoms with E-state index in [9.17, 15) is 13.2 Å². The van der Waals surface area contributed by atoms with Crippen molar-refractivity contribution in [1.29, 1.82) is 0 Å². The number of aromatic nitrogens is 2. The molecule has 1 aliphatic rings. The fourth-order valence-corrected chi connectivity index (χ4v) is 1.72. The van der Waals surface area contributed by atoms with Crippen molar-refractivity contribution in [2.45, 2.75) is 24.4 Å². The molecule has 1 fully saturated rings. The van der Waals surface area contributed by atoms with Crippen LogP contribution in [0.15, 0.2) is 17.0 Å². The second kappa shape index (κ2) is 2.92. The summed E-state index contributed by atoms with van der Waals surface area (Å²) in [5, 5.41) is 0. The highest BCUT2D eigenvalue weighted by Crippen LogP contribution is 2.58. The minimum Gasteiger partial charge on any atom is -0.231 e. The van der Waals surface area contributed by atoms with Gasteiger partial charge in [-0.15, -0.1) is 0 Å². The second-order valence-electron chi connectivity index (χ2n) is 3.29. The van der Waals surface area contributed by atoms with E-state index in [2.05, 4.69) is 25.9 Å². The van der Waals surface area contributed by atoms with Gasteiger partial charge in [0.25, 0.3) is 0 Å². The molecule has 76 valence electrons. The zero-order valence-corrected chi connectivity index (χ0v) is 8.56. The molecule has 6 heteroatoms. The number of halogens is 4. The van der Waals surface area contributed by atoms with E-state index in [-0.39, 0.29) is 23.3 Å². The quantitative estimate of drug-likeness (QED) is 0.731. The molecule has 1 heterocycles. The molecule has 1 aromatic heterocycles. The van der Waals surface area contributed by atoms with E-state index < -0.39 is 11.6 Å². The standard InChI is InChI=1S/C8H6BrF3N2/c9-6-13-4-1-5(14-6)7(2-3-7)8(10,11)12/h1,4H,2-3H2. The molecule has 14 heavy (non-hydrogen) atoms. The molecule has 1 aliphatic carbocycles. The first-order valence-electron chi connectivity index (χ1n) is 4.01. The SMILES string of the molecule is FC(F)(F)C1(c2ccnc(Br)n2)CC1. The van der Waals surface area contributed by atoms with Crippen LogP contribution in [-0.4, -0.2) is 16.1 Å². The van der Waals surface area contributed by atoms with E-state index in [0.29, 0.717) is 0 Å². The van der Waals surface area contributed by atoms with Gasteiger partial charge in [0.15, 0.2) is 4.73 Å². The highest BCUT2D eigenvalue weighted by atomic mass is 79.9. The van der Waals surface area contributed by atoms with E-state index in [1.54, 1.807) is 0 Å². The van der Waals surface area contributed by atoms with Gasteiger partial charge in [0, 0.05) is 6.20 Å². The Morgan fingerprint density at radius 3 is 2.43 bits per heavy atom. The Morgan fingerprint density at radius 2 is 2.00 bits per heavy atom. The summed E-state index contributed by atoms with van der Waals surface area (Å²) in [6.45, 7) is 0. The van der Waals surface area contributed by atoms with Crippen LogP contribution < -0.4 is 0 Å². The Hall–Kier alpha value is -0.650. The fraction of sp³-hybridized carbons (Fsp3) is 0.500. The topological polar surface area (TPSA) is 25.8 Å². The van der Waals surface area contributed by atoms with Crippen LogP contribution in [0.2, 0.25) is 0 Å². The van der Waals surface area contributed by atoms with Gasteiger partial charge in [0.1, 0.15) is 5.41 Å². The third-order valence-electron chi connectivity index (χ3n) is 2.41. The molecule has 0 aliphatic heterocycles. The van der Waals surface area contributed by atoms with Gasteiger partial charge in [0.2, 0.25) is 0 Å². The highest BCUT2D eigenvalue weighted by molar-refractivity contribution is 9.10. The normalized spacial score (nSPS) is 19.4. The van der Waals surface area contributed by atoms with Gasteiger partial charge >= 0.3 is 6.18 Å². The van der Waals surface area contributed by atoms with Gasteiger partial charge in [-0.25, -0.2) is 9.97 Å². The summed E-state index contributed by atoms with van der Waals surface area (Å²) >= 11 is 2.96. The first-order chi connectivity index (χ1) is 6.46. The van der Waals surface area contributed by atoms with Crippen molar-refractivity contribution in [2.24, 2.45) is 0 Å². The first-order valence-corrected chi connectivity index (χ1v) is 4.81. The number of hydrogen-bond donors (Lipinski definition) is 0. The fourth-order valence-electron chi connectivity index (χ4n) is 1.41. The van der Waals surface area contributed by atoms with Gasteiger partial charge in [-0.3, -0.25) is 0 Å². The van der Waals surface area contributed by atoms with Crippen LogP contribution in [-0.2, 0) is 5.41 Å². The van der Waals surface area contributed by atoms with Crippen LogP contribution in [0.5, 0.6) is 0 Å². The van der Waals surface area contributed by atoms with Gasteiger partial charge in [0.05, 0.1) is 5.69 Å². The number of rotatable bonds is 1. The maximum Gasteiger partial charge on any atom is 0.399 e. The molecule has 1 saturated carbocycles. The predicted molar refractivity (Wildman–Crippen MR) is 46.7 cm³/mol. The summed E-state index contributed by atoms with van der Waals surface area (Å²) in [5.74, 6) is 0. The second-order valence-corrected chi connectivity index (χ2v) is 4.00. The average molecular weight is 267 g/mol. The molecule has 0 N–H and O–H groups in total. The third-order valence-corrected chi connectivity index (χ3v) is 2.79. The van der Waals surface area contributed by atoms with Gasteiger partial charge in [-0.05, 0) is 34.8 Å². The Balaban J connectivity index is 2.41. The largest absolute Gasteiger partial charge is 0.399 e. The molecule has 2 rings (SSSR count). The van der Waals surface area contributed by atoms with Gasteiger partial charge in [-0.1, -0.05) is 0 Å². The highest BCUT2D eigenvalue weighted by Gasteiger charge is 2.65. The summed E-state index contributed by atoms with van der Waals surface area (Å²) in [7, 11) is 0. The van der Waals surface area contributed by atoms with Crippen molar-refractivity contribution in [3.05, 3.63) is 22.7 Å². The summed E-state index contributed by atoms with van der Waals surface area (Å²) in [4.78, 5) is 7.46. The van der Waals surface area contributed by atoms with Crippen LogP contribution in [0, 0.1) is 0 Å². The Labute approximate surface area is 86.7 Å². The zero-order valence-electron chi connectivity index (χ0n) is 6.98. The maximum atomic E-state index is 12.6. The number of nitrogens with zero attached hydrogens (tertiary/aromatic N) is 2. The van der Waals surface area contributed by atoms with Crippen molar-refractivity contribution in [3.8, 4) is 0 Å². The minimum atomic E-state index is -4.21. The van der Waals surface area contributed by atoms with E-state index in [4.69, 9.17) is 0 Å². The van der Waals surface area contributed by atoms with Crippen molar-refractivity contribution < 1.29 is 13.2 Å². The summed E-state index contributed by atoms with van der Waals surface area (Å²) in [6.07, 6.45) is -2.63. The van der Waals surface area contributed by atoms with Crippen molar-refractivity contribution in [2.75, 3.05) is 0 Å².